The van der Waals surface area contributed by atoms with E-state index < -0.39 is 5.97 Å². The van der Waals surface area contributed by atoms with Crippen LogP contribution in [0.1, 0.15) is 25.3 Å². The highest BCUT2D eigenvalue weighted by atomic mass is 35.5. The van der Waals surface area contributed by atoms with Crippen molar-refractivity contribution in [3.05, 3.63) is 28.8 Å². The van der Waals surface area contributed by atoms with Gasteiger partial charge in [-0.25, -0.2) is 4.68 Å². The molecule has 0 aliphatic carbocycles. The van der Waals surface area contributed by atoms with Gasteiger partial charge in [0.25, 0.3) is 0 Å². The van der Waals surface area contributed by atoms with E-state index in [1.165, 1.54) is 0 Å². The highest BCUT2D eigenvalue weighted by Crippen LogP contribution is 2.23. The van der Waals surface area contributed by atoms with Gasteiger partial charge in [-0.1, -0.05) is 24.9 Å². The smallest absolute Gasteiger partial charge is 0.303 e. The molecule has 0 spiro atoms. The fraction of sp³-hybridized carbons (Fsp3) is 0.429. The predicted octanol–water partition coefficient (Wildman–Crippen LogP) is 2.80. The molecule has 0 bridgehead atoms. The standard InChI is InChI=1S/C14H17ClN4O2/c1-3-10(7-13(20)21)8-19-14(16-17-18-19)11-4-5-12(15)9(2)6-11/h4-6,10H,3,7-8H2,1-2H3,(H,20,21). The highest BCUT2D eigenvalue weighted by Gasteiger charge is 2.16. The molecule has 1 N–H and O–H groups in total. The minimum absolute atomic E-state index is 0.00172. The van der Waals surface area contributed by atoms with Crippen molar-refractivity contribution in [1.82, 2.24) is 20.2 Å². The van der Waals surface area contributed by atoms with E-state index in [0.29, 0.717) is 17.4 Å². The van der Waals surface area contributed by atoms with Gasteiger partial charge in [0.15, 0.2) is 5.82 Å². The van der Waals surface area contributed by atoms with Crippen molar-refractivity contribution in [1.29, 1.82) is 0 Å². The van der Waals surface area contributed by atoms with Gasteiger partial charge < -0.3 is 5.11 Å². The number of rotatable bonds is 6. The van der Waals surface area contributed by atoms with E-state index in [0.717, 1.165) is 17.5 Å². The summed E-state index contributed by atoms with van der Waals surface area (Å²) < 4.78 is 1.65. The molecule has 2 rings (SSSR count). The number of tetrazole rings is 1. The molecule has 0 fully saturated rings. The molecule has 1 aromatic heterocycles. The first kappa shape index (κ1) is 15.4. The van der Waals surface area contributed by atoms with Crippen LogP contribution in [0, 0.1) is 12.8 Å². The Morgan fingerprint density at radius 2 is 2.24 bits per heavy atom. The fourth-order valence-corrected chi connectivity index (χ4v) is 2.27. The fourth-order valence-electron chi connectivity index (χ4n) is 2.15. The molecule has 1 aromatic carbocycles. The van der Waals surface area contributed by atoms with Crippen molar-refractivity contribution >= 4 is 17.6 Å². The molecule has 0 saturated carbocycles. The molecule has 0 radical (unpaired) electrons. The van der Waals surface area contributed by atoms with Crippen LogP contribution >= 0.6 is 11.6 Å². The second-order valence-electron chi connectivity index (χ2n) is 5.02. The maximum absolute atomic E-state index is 10.9. The number of carboxylic acids is 1. The van der Waals surface area contributed by atoms with Crippen LogP contribution in [0.5, 0.6) is 0 Å². The van der Waals surface area contributed by atoms with Crippen molar-refractivity contribution < 1.29 is 9.90 Å². The zero-order valence-corrected chi connectivity index (χ0v) is 12.7. The average Bonchev–Trinajstić information content (AvgIpc) is 2.88. The third-order valence-corrected chi connectivity index (χ3v) is 3.84. The Hall–Kier alpha value is -1.95. The van der Waals surface area contributed by atoms with Crippen LogP contribution in [0.15, 0.2) is 18.2 Å². The summed E-state index contributed by atoms with van der Waals surface area (Å²) in [4.78, 5) is 10.9. The van der Waals surface area contributed by atoms with E-state index in [2.05, 4.69) is 15.5 Å². The lowest BCUT2D eigenvalue weighted by Crippen LogP contribution is -2.16. The van der Waals surface area contributed by atoms with E-state index in [9.17, 15) is 4.79 Å². The summed E-state index contributed by atoms with van der Waals surface area (Å²) in [6.07, 6.45) is 0.862. The summed E-state index contributed by atoms with van der Waals surface area (Å²) in [5.74, 6) is -0.185. The Bertz CT molecular complexity index is 642. The Labute approximate surface area is 127 Å². The number of aromatic nitrogens is 4. The first-order chi connectivity index (χ1) is 10.0. The van der Waals surface area contributed by atoms with Gasteiger partial charge in [-0.05, 0) is 47.0 Å². The molecular weight excluding hydrogens is 292 g/mol. The second-order valence-corrected chi connectivity index (χ2v) is 5.43. The van der Waals surface area contributed by atoms with Crippen LogP contribution in [0.2, 0.25) is 5.02 Å². The summed E-state index contributed by atoms with van der Waals surface area (Å²) in [7, 11) is 0. The van der Waals surface area contributed by atoms with Crippen LogP contribution in [0.4, 0.5) is 0 Å². The Kier molecular flexibility index (Phi) is 4.90. The SMILES string of the molecule is CCC(CC(=O)O)Cn1nnnc1-c1ccc(Cl)c(C)c1. The minimum atomic E-state index is -0.807. The number of aryl methyl sites for hydroxylation is 1. The Morgan fingerprint density at radius 1 is 1.48 bits per heavy atom. The lowest BCUT2D eigenvalue weighted by atomic mass is 10.0. The zero-order chi connectivity index (χ0) is 15.4. The summed E-state index contributed by atoms with van der Waals surface area (Å²) in [6.45, 7) is 4.36. The summed E-state index contributed by atoms with van der Waals surface area (Å²) in [5, 5.41) is 21.3. The largest absolute Gasteiger partial charge is 0.481 e. The molecule has 1 atom stereocenters. The molecule has 0 saturated heterocycles. The molecule has 7 heteroatoms. The lowest BCUT2D eigenvalue weighted by molar-refractivity contribution is -0.138. The zero-order valence-electron chi connectivity index (χ0n) is 12.0. The topological polar surface area (TPSA) is 80.9 Å². The normalized spacial score (nSPS) is 12.3. The van der Waals surface area contributed by atoms with Crippen molar-refractivity contribution in [3.8, 4) is 11.4 Å². The van der Waals surface area contributed by atoms with E-state index in [1.807, 2.05) is 26.0 Å². The van der Waals surface area contributed by atoms with Gasteiger partial charge in [0.1, 0.15) is 0 Å². The number of halogens is 1. The van der Waals surface area contributed by atoms with Crippen LogP contribution in [-0.2, 0) is 11.3 Å². The van der Waals surface area contributed by atoms with Crippen molar-refractivity contribution in [3.63, 3.8) is 0 Å². The summed E-state index contributed by atoms with van der Waals surface area (Å²) in [5.41, 5.74) is 1.81. The molecule has 2 aromatic rings. The quantitative estimate of drug-likeness (QED) is 0.887. The predicted molar refractivity (Wildman–Crippen MR) is 79.0 cm³/mol. The van der Waals surface area contributed by atoms with Gasteiger partial charge in [0.05, 0.1) is 0 Å². The Balaban J connectivity index is 2.25. The number of nitrogens with zero attached hydrogens (tertiary/aromatic N) is 4. The van der Waals surface area contributed by atoms with Crippen molar-refractivity contribution in [2.24, 2.45) is 5.92 Å². The maximum Gasteiger partial charge on any atom is 0.303 e. The maximum atomic E-state index is 10.9. The summed E-state index contributed by atoms with van der Waals surface area (Å²) >= 11 is 6.02. The summed E-state index contributed by atoms with van der Waals surface area (Å²) in [6, 6.07) is 5.58. The number of carbonyl (C=O) groups is 1. The number of carboxylic acid groups (broad SMARTS) is 1. The molecule has 1 unspecified atom stereocenters. The first-order valence-corrected chi connectivity index (χ1v) is 7.13. The molecule has 0 amide bonds. The van der Waals surface area contributed by atoms with E-state index in [-0.39, 0.29) is 12.3 Å². The number of hydrogen-bond donors (Lipinski definition) is 1. The number of hydrogen-bond acceptors (Lipinski definition) is 4. The highest BCUT2D eigenvalue weighted by molar-refractivity contribution is 6.31. The third kappa shape index (κ3) is 3.78. The van der Waals surface area contributed by atoms with Crippen molar-refractivity contribution in [2.45, 2.75) is 33.2 Å². The van der Waals surface area contributed by atoms with Gasteiger partial charge in [-0.3, -0.25) is 4.79 Å². The van der Waals surface area contributed by atoms with E-state index in [4.69, 9.17) is 16.7 Å². The van der Waals surface area contributed by atoms with Crippen molar-refractivity contribution in [2.75, 3.05) is 0 Å². The van der Waals surface area contributed by atoms with Gasteiger partial charge in [0.2, 0.25) is 0 Å². The second kappa shape index (κ2) is 6.67. The van der Waals surface area contributed by atoms with Gasteiger partial charge in [0, 0.05) is 23.6 Å². The number of benzene rings is 1. The molecular formula is C14H17ClN4O2. The van der Waals surface area contributed by atoms with Crippen LogP contribution < -0.4 is 0 Å². The van der Waals surface area contributed by atoms with E-state index in [1.54, 1.807) is 10.7 Å². The molecule has 0 aliphatic rings. The van der Waals surface area contributed by atoms with Crippen LogP contribution in [0.25, 0.3) is 11.4 Å². The molecule has 6 nitrogen and oxygen atoms in total. The third-order valence-electron chi connectivity index (χ3n) is 3.42. The molecule has 0 aliphatic heterocycles. The van der Waals surface area contributed by atoms with Crippen LogP contribution in [-0.4, -0.2) is 31.3 Å². The molecule has 112 valence electrons. The number of aliphatic carboxylic acids is 1. The Morgan fingerprint density at radius 3 is 2.86 bits per heavy atom. The van der Waals surface area contributed by atoms with Gasteiger partial charge in [-0.2, -0.15) is 0 Å². The minimum Gasteiger partial charge on any atom is -0.481 e. The van der Waals surface area contributed by atoms with Crippen LogP contribution in [0.3, 0.4) is 0 Å². The van der Waals surface area contributed by atoms with Gasteiger partial charge >= 0.3 is 5.97 Å². The molecule has 21 heavy (non-hydrogen) atoms. The van der Waals surface area contributed by atoms with E-state index >= 15 is 0 Å². The lowest BCUT2D eigenvalue weighted by Gasteiger charge is -2.13. The average molecular weight is 309 g/mol. The van der Waals surface area contributed by atoms with Gasteiger partial charge in [-0.15, -0.1) is 5.10 Å². The monoisotopic (exact) mass is 308 g/mol. The molecule has 1 heterocycles. The first-order valence-electron chi connectivity index (χ1n) is 6.75.